The first-order valence-corrected chi connectivity index (χ1v) is 6.53. The predicted molar refractivity (Wildman–Crippen MR) is 54.9 cm³/mol. The van der Waals surface area contributed by atoms with Gasteiger partial charge in [-0.05, 0) is 6.92 Å². The van der Waals surface area contributed by atoms with Crippen molar-refractivity contribution in [3.8, 4) is 0 Å². The van der Waals surface area contributed by atoms with Gasteiger partial charge < -0.3 is 9.64 Å². The second kappa shape index (κ2) is 5.43. The van der Waals surface area contributed by atoms with Gasteiger partial charge in [-0.15, -0.1) is 0 Å². The van der Waals surface area contributed by atoms with Crippen LogP contribution in [0.1, 0.15) is 6.92 Å². The molecular weight excluding hydrogens is 220 g/mol. The van der Waals surface area contributed by atoms with Crippen LogP contribution in [0.4, 0.5) is 0 Å². The molecule has 1 rings (SSSR count). The Morgan fingerprint density at radius 2 is 2.00 bits per heavy atom. The zero-order chi connectivity index (χ0) is 11.3. The summed E-state index contributed by atoms with van der Waals surface area (Å²) >= 11 is 0. The Labute approximate surface area is 89.6 Å². The van der Waals surface area contributed by atoms with Gasteiger partial charge in [-0.25, -0.2) is 13.1 Å². The average molecular weight is 236 g/mol. The number of morpholine rings is 1. The van der Waals surface area contributed by atoms with E-state index in [9.17, 15) is 13.2 Å². The molecule has 15 heavy (non-hydrogen) atoms. The lowest BCUT2D eigenvalue weighted by Crippen LogP contribution is -2.45. The predicted octanol–water partition coefficient (Wildman–Crippen LogP) is -1.22. The zero-order valence-corrected chi connectivity index (χ0v) is 9.55. The van der Waals surface area contributed by atoms with Crippen molar-refractivity contribution in [2.75, 3.05) is 38.6 Å². The van der Waals surface area contributed by atoms with Gasteiger partial charge in [-0.3, -0.25) is 4.79 Å². The first-order chi connectivity index (χ1) is 7.05. The van der Waals surface area contributed by atoms with Gasteiger partial charge in [0.05, 0.1) is 25.5 Å². The van der Waals surface area contributed by atoms with Crippen molar-refractivity contribution in [3.05, 3.63) is 0 Å². The summed E-state index contributed by atoms with van der Waals surface area (Å²) < 4.78 is 29.5. The van der Waals surface area contributed by atoms with E-state index >= 15 is 0 Å². The number of nitrogens with one attached hydrogen (secondary N) is 1. The maximum atomic E-state index is 11.5. The van der Waals surface area contributed by atoms with Crippen molar-refractivity contribution in [1.82, 2.24) is 9.62 Å². The van der Waals surface area contributed by atoms with E-state index in [1.807, 2.05) is 0 Å². The molecule has 1 amide bonds. The highest BCUT2D eigenvalue weighted by atomic mass is 32.2. The summed E-state index contributed by atoms with van der Waals surface area (Å²) in [6.45, 7) is 3.48. The minimum Gasteiger partial charge on any atom is -0.378 e. The number of hydrogen-bond donors (Lipinski definition) is 1. The minimum atomic E-state index is -3.28. The number of ether oxygens (including phenoxy) is 1. The van der Waals surface area contributed by atoms with Crippen molar-refractivity contribution >= 4 is 15.9 Å². The zero-order valence-electron chi connectivity index (χ0n) is 8.73. The molecular formula is C8H16N2O4S. The number of nitrogens with zero attached hydrogens (tertiary/aromatic N) is 1. The number of sulfonamides is 1. The normalized spacial score (nSPS) is 17.8. The summed E-state index contributed by atoms with van der Waals surface area (Å²) in [6.07, 6.45) is 0. The molecule has 0 bridgehead atoms. The second-order valence-corrected chi connectivity index (χ2v) is 5.31. The monoisotopic (exact) mass is 236 g/mol. The average Bonchev–Trinajstić information content (AvgIpc) is 2.27. The molecule has 0 aromatic rings. The number of rotatable bonds is 4. The van der Waals surface area contributed by atoms with E-state index in [4.69, 9.17) is 4.74 Å². The summed E-state index contributed by atoms with van der Waals surface area (Å²) in [4.78, 5) is 13.1. The molecule has 6 nitrogen and oxygen atoms in total. The Bertz CT molecular complexity index is 309. The summed E-state index contributed by atoms with van der Waals surface area (Å²) in [5.74, 6) is -0.209. The molecule has 1 aliphatic rings. The van der Waals surface area contributed by atoms with E-state index in [2.05, 4.69) is 4.72 Å². The van der Waals surface area contributed by atoms with Crippen LogP contribution in [0.5, 0.6) is 0 Å². The smallest absolute Gasteiger partial charge is 0.237 e. The number of carbonyl (C=O) groups is 1. The molecule has 1 aliphatic heterocycles. The lowest BCUT2D eigenvalue weighted by atomic mass is 10.4. The molecule has 7 heteroatoms. The van der Waals surface area contributed by atoms with Crippen LogP contribution in [0.25, 0.3) is 0 Å². The Hall–Kier alpha value is -0.660. The molecule has 0 unspecified atom stereocenters. The Kier molecular flexibility index (Phi) is 4.49. The highest BCUT2D eigenvalue weighted by molar-refractivity contribution is 7.89. The van der Waals surface area contributed by atoms with Gasteiger partial charge in [0.25, 0.3) is 0 Å². The van der Waals surface area contributed by atoms with Gasteiger partial charge in [0, 0.05) is 13.1 Å². The van der Waals surface area contributed by atoms with Gasteiger partial charge in [0.1, 0.15) is 0 Å². The van der Waals surface area contributed by atoms with Crippen LogP contribution in [0.2, 0.25) is 0 Å². The Balaban J connectivity index is 2.35. The van der Waals surface area contributed by atoms with Crippen LogP contribution in [0, 0.1) is 0 Å². The number of hydrogen-bond acceptors (Lipinski definition) is 4. The van der Waals surface area contributed by atoms with Crippen LogP contribution in [0.15, 0.2) is 0 Å². The van der Waals surface area contributed by atoms with E-state index < -0.39 is 10.0 Å². The molecule has 0 spiro atoms. The summed E-state index contributed by atoms with van der Waals surface area (Å²) in [6, 6.07) is 0. The van der Waals surface area contributed by atoms with E-state index in [1.54, 1.807) is 4.90 Å². The molecule has 0 aromatic heterocycles. The molecule has 0 radical (unpaired) electrons. The fourth-order valence-corrected chi connectivity index (χ4v) is 1.75. The van der Waals surface area contributed by atoms with Crippen LogP contribution in [0.3, 0.4) is 0 Å². The van der Waals surface area contributed by atoms with Crippen molar-refractivity contribution < 1.29 is 17.9 Å². The lowest BCUT2D eigenvalue weighted by Gasteiger charge is -2.26. The number of amides is 1. The molecule has 88 valence electrons. The molecule has 0 saturated carbocycles. The summed E-state index contributed by atoms with van der Waals surface area (Å²) in [5, 5.41) is 0. The molecule has 0 aliphatic carbocycles. The van der Waals surface area contributed by atoms with Crippen LogP contribution >= 0.6 is 0 Å². The van der Waals surface area contributed by atoms with Gasteiger partial charge >= 0.3 is 0 Å². The third-order valence-corrected chi connectivity index (χ3v) is 3.53. The SMILES string of the molecule is CCS(=O)(=O)NCC(=O)N1CCOCC1. The van der Waals surface area contributed by atoms with Crippen molar-refractivity contribution in [1.29, 1.82) is 0 Å². The topological polar surface area (TPSA) is 75.7 Å². The summed E-state index contributed by atoms with van der Waals surface area (Å²) in [7, 11) is -3.28. The third kappa shape index (κ3) is 4.15. The van der Waals surface area contributed by atoms with Gasteiger partial charge in [-0.2, -0.15) is 0 Å². The highest BCUT2D eigenvalue weighted by Crippen LogP contribution is 1.97. The fourth-order valence-electron chi connectivity index (χ4n) is 1.20. The van der Waals surface area contributed by atoms with Crippen LogP contribution in [-0.4, -0.2) is 57.8 Å². The van der Waals surface area contributed by atoms with E-state index in [0.717, 1.165) is 0 Å². The van der Waals surface area contributed by atoms with Crippen molar-refractivity contribution in [2.24, 2.45) is 0 Å². The highest BCUT2D eigenvalue weighted by Gasteiger charge is 2.18. The largest absolute Gasteiger partial charge is 0.378 e. The van der Waals surface area contributed by atoms with E-state index in [-0.39, 0.29) is 18.2 Å². The first-order valence-electron chi connectivity index (χ1n) is 4.88. The maximum Gasteiger partial charge on any atom is 0.237 e. The van der Waals surface area contributed by atoms with Gasteiger partial charge in [-0.1, -0.05) is 0 Å². The Morgan fingerprint density at radius 3 is 2.53 bits per heavy atom. The maximum absolute atomic E-state index is 11.5. The van der Waals surface area contributed by atoms with Crippen molar-refractivity contribution in [3.63, 3.8) is 0 Å². The summed E-state index contributed by atoms with van der Waals surface area (Å²) in [5.41, 5.74) is 0. The molecule has 1 N–H and O–H groups in total. The first kappa shape index (κ1) is 12.4. The fraction of sp³-hybridized carbons (Fsp3) is 0.875. The van der Waals surface area contributed by atoms with Gasteiger partial charge in [0.2, 0.25) is 15.9 Å². The second-order valence-electron chi connectivity index (χ2n) is 3.22. The standard InChI is InChI=1S/C8H16N2O4S/c1-2-15(12,13)9-7-8(11)10-3-5-14-6-4-10/h9H,2-7H2,1H3. The molecule has 1 heterocycles. The molecule has 0 atom stereocenters. The van der Waals surface area contributed by atoms with E-state index in [0.29, 0.717) is 26.3 Å². The minimum absolute atomic E-state index is 0.0105. The molecule has 1 saturated heterocycles. The lowest BCUT2D eigenvalue weighted by molar-refractivity contribution is -0.133. The third-order valence-electron chi connectivity index (χ3n) is 2.19. The number of carbonyl (C=O) groups excluding carboxylic acids is 1. The van der Waals surface area contributed by atoms with E-state index in [1.165, 1.54) is 6.92 Å². The van der Waals surface area contributed by atoms with Gasteiger partial charge in [0.15, 0.2) is 0 Å². The quantitative estimate of drug-likeness (QED) is 0.664. The van der Waals surface area contributed by atoms with Crippen molar-refractivity contribution in [2.45, 2.75) is 6.92 Å². The Morgan fingerprint density at radius 1 is 1.40 bits per heavy atom. The van der Waals surface area contributed by atoms with Crippen LogP contribution in [-0.2, 0) is 19.6 Å². The molecule has 1 fully saturated rings. The molecule has 0 aromatic carbocycles. The van der Waals surface area contributed by atoms with Crippen LogP contribution < -0.4 is 4.72 Å².